The van der Waals surface area contributed by atoms with Crippen LogP contribution in [0.4, 0.5) is 5.69 Å². The molecule has 1 N–H and O–H groups in total. The van der Waals surface area contributed by atoms with Gasteiger partial charge in [0.1, 0.15) is 5.56 Å². The van der Waals surface area contributed by atoms with E-state index in [1.807, 2.05) is 4.90 Å². The zero-order chi connectivity index (χ0) is 18.0. The number of ether oxygens (including phenoxy) is 2. The van der Waals surface area contributed by atoms with Gasteiger partial charge in [-0.3, -0.25) is 14.9 Å². The predicted molar refractivity (Wildman–Crippen MR) is 91.3 cm³/mol. The number of methoxy groups -OCH3 is 1. The van der Waals surface area contributed by atoms with Gasteiger partial charge in [0.2, 0.25) is 0 Å². The number of fused-ring (bicyclic) bond motifs is 2. The van der Waals surface area contributed by atoms with E-state index in [4.69, 9.17) is 9.47 Å². The van der Waals surface area contributed by atoms with Crippen LogP contribution >= 0.6 is 0 Å². The van der Waals surface area contributed by atoms with Gasteiger partial charge in [-0.25, -0.2) is 0 Å². The third-order valence-corrected chi connectivity index (χ3v) is 4.90. The van der Waals surface area contributed by atoms with E-state index in [2.05, 4.69) is 5.32 Å². The minimum Gasteiger partial charge on any atom is -0.493 e. The molecular formula is C17H23N3O5. The fourth-order valence-corrected chi connectivity index (χ4v) is 3.75. The molecule has 0 aromatic heterocycles. The number of nitrogens with one attached hydrogen (secondary N) is 1. The zero-order valence-corrected chi connectivity index (χ0v) is 14.5. The summed E-state index contributed by atoms with van der Waals surface area (Å²) in [5.41, 5.74) is -0.185. The summed E-state index contributed by atoms with van der Waals surface area (Å²) in [6, 6.07) is 2.93. The fourth-order valence-electron chi connectivity index (χ4n) is 3.75. The van der Waals surface area contributed by atoms with E-state index in [1.165, 1.54) is 19.2 Å². The normalized spacial score (nSPS) is 22.4. The molecule has 2 aliphatic rings. The molecule has 0 spiro atoms. The molecule has 1 aromatic rings. The Morgan fingerprint density at radius 1 is 1.32 bits per heavy atom. The highest BCUT2D eigenvalue weighted by atomic mass is 16.6. The van der Waals surface area contributed by atoms with Crippen molar-refractivity contribution in [1.82, 2.24) is 10.2 Å². The summed E-state index contributed by atoms with van der Waals surface area (Å²) in [6.45, 7) is 3.72. The second kappa shape index (κ2) is 7.26. The SMILES string of the molecule is CCOc1cc([N+](=O)[O-])c(C(=O)N2C3CCNCC2CC3)cc1OC. The van der Waals surface area contributed by atoms with E-state index in [0.29, 0.717) is 12.4 Å². The van der Waals surface area contributed by atoms with Gasteiger partial charge in [-0.05, 0) is 32.7 Å². The van der Waals surface area contributed by atoms with Crippen molar-refractivity contribution in [2.75, 3.05) is 26.8 Å². The van der Waals surface area contributed by atoms with Crippen LogP contribution in [0.15, 0.2) is 12.1 Å². The van der Waals surface area contributed by atoms with Gasteiger partial charge in [-0.15, -0.1) is 0 Å². The van der Waals surface area contributed by atoms with Crippen LogP contribution in [0.1, 0.15) is 36.5 Å². The molecule has 3 rings (SSSR count). The molecule has 2 saturated heterocycles. The molecule has 136 valence electrons. The molecule has 1 aromatic carbocycles. The monoisotopic (exact) mass is 349 g/mol. The highest BCUT2D eigenvalue weighted by molar-refractivity contribution is 5.99. The molecule has 8 heteroatoms. The second-order valence-corrected chi connectivity index (χ2v) is 6.30. The molecule has 0 radical (unpaired) electrons. The Bertz CT molecular complexity index is 664. The molecule has 2 atom stereocenters. The van der Waals surface area contributed by atoms with Crippen LogP contribution in [0.25, 0.3) is 0 Å². The molecule has 2 heterocycles. The summed E-state index contributed by atoms with van der Waals surface area (Å²) < 4.78 is 10.7. The Kier molecular flexibility index (Phi) is 5.08. The van der Waals surface area contributed by atoms with Crippen LogP contribution in [-0.4, -0.2) is 54.6 Å². The number of carbonyl (C=O) groups excluding carboxylic acids is 1. The largest absolute Gasteiger partial charge is 0.493 e. The van der Waals surface area contributed by atoms with E-state index in [1.54, 1.807) is 6.92 Å². The minimum atomic E-state index is -0.535. The lowest BCUT2D eigenvalue weighted by Gasteiger charge is -2.28. The van der Waals surface area contributed by atoms with Crippen molar-refractivity contribution in [1.29, 1.82) is 0 Å². The van der Waals surface area contributed by atoms with Crippen LogP contribution in [0.3, 0.4) is 0 Å². The maximum atomic E-state index is 13.2. The number of nitro benzene ring substituents is 1. The van der Waals surface area contributed by atoms with Crippen LogP contribution in [0.5, 0.6) is 11.5 Å². The van der Waals surface area contributed by atoms with Crippen molar-refractivity contribution in [3.05, 3.63) is 27.8 Å². The van der Waals surface area contributed by atoms with Crippen molar-refractivity contribution < 1.29 is 19.2 Å². The number of nitro groups is 1. The van der Waals surface area contributed by atoms with Gasteiger partial charge in [0, 0.05) is 24.7 Å². The van der Waals surface area contributed by atoms with E-state index in [-0.39, 0.29) is 35.0 Å². The third-order valence-electron chi connectivity index (χ3n) is 4.90. The van der Waals surface area contributed by atoms with Gasteiger partial charge in [-0.1, -0.05) is 0 Å². The molecule has 2 fully saturated rings. The number of carbonyl (C=O) groups is 1. The first-order chi connectivity index (χ1) is 12.1. The first-order valence-corrected chi connectivity index (χ1v) is 8.59. The fraction of sp³-hybridized carbons (Fsp3) is 0.588. The lowest BCUT2D eigenvalue weighted by atomic mass is 10.1. The first kappa shape index (κ1) is 17.5. The maximum Gasteiger partial charge on any atom is 0.286 e. The highest BCUT2D eigenvalue weighted by Crippen LogP contribution is 2.37. The lowest BCUT2D eigenvalue weighted by molar-refractivity contribution is -0.385. The topological polar surface area (TPSA) is 93.9 Å². The quantitative estimate of drug-likeness (QED) is 0.645. The molecule has 1 amide bonds. The minimum absolute atomic E-state index is 0.0594. The second-order valence-electron chi connectivity index (χ2n) is 6.30. The van der Waals surface area contributed by atoms with Crippen molar-refractivity contribution in [2.45, 2.75) is 38.3 Å². The van der Waals surface area contributed by atoms with Gasteiger partial charge >= 0.3 is 0 Å². The summed E-state index contributed by atoms with van der Waals surface area (Å²) in [7, 11) is 1.46. The lowest BCUT2D eigenvalue weighted by Crippen LogP contribution is -2.42. The van der Waals surface area contributed by atoms with Crippen molar-refractivity contribution in [3.8, 4) is 11.5 Å². The average Bonchev–Trinajstić information content (AvgIpc) is 2.86. The van der Waals surface area contributed by atoms with E-state index in [9.17, 15) is 14.9 Å². The van der Waals surface area contributed by atoms with Crippen LogP contribution in [-0.2, 0) is 0 Å². The molecule has 2 bridgehead atoms. The van der Waals surface area contributed by atoms with Gasteiger partial charge in [0.25, 0.3) is 11.6 Å². The third kappa shape index (κ3) is 3.26. The molecular weight excluding hydrogens is 326 g/mol. The number of hydrogen-bond acceptors (Lipinski definition) is 6. The molecule has 8 nitrogen and oxygen atoms in total. The summed E-state index contributed by atoms with van der Waals surface area (Å²) in [5, 5.41) is 14.9. The zero-order valence-electron chi connectivity index (χ0n) is 14.5. The Balaban J connectivity index is 2.02. The van der Waals surface area contributed by atoms with Crippen LogP contribution in [0, 0.1) is 10.1 Å². The van der Waals surface area contributed by atoms with Gasteiger partial charge < -0.3 is 19.7 Å². The summed E-state index contributed by atoms with van der Waals surface area (Å²) in [4.78, 5) is 26.0. The molecule has 0 aliphatic carbocycles. The molecule has 25 heavy (non-hydrogen) atoms. The Labute approximate surface area is 146 Å². The smallest absolute Gasteiger partial charge is 0.286 e. The number of benzene rings is 1. The van der Waals surface area contributed by atoms with E-state index >= 15 is 0 Å². The maximum absolute atomic E-state index is 13.2. The Morgan fingerprint density at radius 2 is 2.08 bits per heavy atom. The number of amides is 1. The summed E-state index contributed by atoms with van der Waals surface area (Å²) in [5.74, 6) is 0.300. The standard InChI is InChI=1S/C17H23N3O5/c1-3-25-16-9-14(20(22)23)13(8-15(16)24-2)17(21)19-11-4-5-12(19)10-18-7-6-11/h8-9,11-12,18H,3-7,10H2,1-2H3. The average molecular weight is 349 g/mol. The van der Waals surface area contributed by atoms with Crippen LogP contribution < -0.4 is 14.8 Å². The Morgan fingerprint density at radius 3 is 2.76 bits per heavy atom. The number of rotatable bonds is 5. The van der Waals surface area contributed by atoms with Crippen molar-refractivity contribution >= 4 is 11.6 Å². The van der Waals surface area contributed by atoms with Gasteiger partial charge in [0.15, 0.2) is 11.5 Å². The van der Waals surface area contributed by atoms with Crippen molar-refractivity contribution in [2.24, 2.45) is 0 Å². The highest BCUT2D eigenvalue weighted by Gasteiger charge is 2.40. The molecule has 0 saturated carbocycles. The predicted octanol–water partition coefficient (Wildman–Crippen LogP) is 1.97. The first-order valence-electron chi connectivity index (χ1n) is 8.59. The summed E-state index contributed by atoms with van der Waals surface area (Å²) in [6.07, 6.45) is 2.73. The van der Waals surface area contributed by atoms with E-state index < -0.39 is 4.92 Å². The van der Waals surface area contributed by atoms with Crippen molar-refractivity contribution in [3.63, 3.8) is 0 Å². The number of hydrogen-bond donors (Lipinski definition) is 1. The molecule has 2 unspecified atom stereocenters. The van der Waals surface area contributed by atoms with Gasteiger partial charge in [-0.2, -0.15) is 0 Å². The Hall–Kier alpha value is -2.35. The molecule has 2 aliphatic heterocycles. The summed E-state index contributed by atoms with van der Waals surface area (Å²) >= 11 is 0. The number of nitrogens with zero attached hydrogens (tertiary/aromatic N) is 2. The van der Waals surface area contributed by atoms with Crippen LogP contribution in [0.2, 0.25) is 0 Å². The van der Waals surface area contributed by atoms with E-state index in [0.717, 1.165) is 32.4 Å². The van der Waals surface area contributed by atoms with Gasteiger partial charge in [0.05, 0.1) is 24.7 Å².